The van der Waals surface area contributed by atoms with Crippen LogP contribution in [0, 0.1) is 17.0 Å². The number of halogens is 2. The average Bonchev–Trinajstić information content (AvgIpc) is 2.97. The van der Waals surface area contributed by atoms with Crippen molar-refractivity contribution in [2.75, 3.05) is 7.11 Å². The number of hydrogen-bond donors (Lipinski definition) is 1. The second kappa shape index (κ2) is 5.54. The molecule has 1 fully saturated rings. The molecule has 1 aromatic heterocycles. The van der Waals surface area contributed by atoms with Crippen molar-refractivity contribution in [3.63, 3.8) is 0 Å². The fraction of sp³-hybridized carbons (Fsp3) is 0.421. The van der Waals surface area contributed by atoms with E-state index in [0.717, 1.165) is 12.0 Å². The first-order chi connectivity index (χ1) is 12.3. The molecule has 1 amide bonds. The summed E-state index contributed by atoms with van der Waals surface area (Å²) in [4.78, 5) is 17.7. The minimum atomic E-state index is -0.859. The molecule has 2 aliphatic carbocycles. The van der Waals surface area contributed by atoms with Crippen LogP contribution in [0.5, 0.6) is 0 Å². The molecular weight excluding hydrogens is 340 g/mol. The van der Waals surface area contributed by atoms with Crippen molar-refractivity contribution in [3.8, 4) is 11.3 Å². The van der Waals surface area contributed by atoms with Gasteiger partial charge in [-0.2, -0.15) is 5.10 Å². The Kier molecular flexibility index (Phi) is 3.63. The van der Waals surface area contributed by atoms with Gasteiger partial charge >= 0.3 is 0 Å². The minimum absolute atomic E-state index is 0.0594. The average molecular weight is 359 g/mol. The van der Waals surface area contributed by atoms with Crippen molar-refractivity contribution in [1.82, 2.24) is 15.7 Å². The van der Waals surface area contributed by atoms with Crippen molar-refractivity contribution in [2.24, 2.45) is 5.41 Å². The van der Waals surface area contributed by atoms with E-state index in [1.54, 1.807) is 6.07 Å². The maximum Gasteiger partial charge on any atom is 0.256 e. The van der Waals surface area contributed by atoms with Gasteiger partial charge in [0, 0.05) is 0 Å². The van der Waals surface area contributed by atoms with Crippen LogP contribution in [0.2, 0.25) is 0 Å². The van der Waals surface area contributed by atoms with E-state index < -0.39 is 22.5 Å². The van der Waals surface area contributed by atoms with Gasteiger partial charge in [-0.25, -0.2) is 14.3 Å². The predicted molar refractivity (Wildman–Crippen MR) is 90.0 cm³/mol. The van der Waals surface area contributed by atoms with Crippen LogP contribution in [0.15, 0.2) is 24.3 Å². The number of carbonyl (C=O) groups excluding carboxylic acids is 1. The van der Waals surface area contributed by atoms with E-state index in [4.69, 9.17) is 4.84 Å². The molecule has 0 spiro atoms. The highest BCUT2D eigenvalue weighted by atomic mass is 19.1. The summed E-state index contributed by atoms with van der Waals surface area (Å²) in [7, 11) is 1.39. The number of aromatic nitrogens is 2. The fourth-order valence-corrected chi connectivity index (χ4v) is 4.87. The lowest BCUT2D eigenvalue weighted by Gasteiger charge is -2.35. The highest BCUT2D eigenvalue weighted by Crippen LogP contribution is 2.67. The van der Waals surface area contributed by atoms with Crippen LogP contribution >= 0.6 is 0 Å². The molecule has 1 heterocycles. The molecule has 2 aromatic rings. The maximum atomic E-state index is 14.1. The van der Waals surface area contributed by atoms with Gasteiger partial charge in [0.25, 0.3) is 5.91 Å². The summed E-state index contributed by atoms with van der Waals surface area (Å²) in [5.41, 5.74) is 2.54. The lowest BCUT2D eigenvalue weighted by Crippen LogP contribution is -2.49. The van der Waals surface area contributed by atoms with Crippen LogP contribution in [0.4, 0.5) is 8.78 Å². The van der Waals surface area contributed by atoms with Crippen LogP contribution < -0.4 is 5.48 Å². The molecule has 2 atom stereocenters. The first-order valence-electron chi connectivity index (χ1n) is 8.50. The highest BCUT2D eigenvalue weighted by molar-refractivity contribution is 5.91. The third kappa shape index (κ3) is 1.95. The van der Waals surface area contributed by atoms with E-state index in [1.807, 2.05) is 13.8 Å². The maximum absolute atomic E-state index is 14.1. The third-order valence-electron chi connectivity index (χ3n) is 6.18. The molecule has 1 N–H and O–H groups in total. The zero-order chi connectivity index (χ0) is 18.7. The highest BCUT2D eigenvalue weighted by Gasteiger charge is 2.67. The Morgan fingerprint density at radius 1 is 1.27 bits per heavy atom. The van der Waals surface area contributed by atoms with E-state index >= 15 is 0 Å². The number of amides is 1. The van der Waals surface area contributed by atoms with Gasteiger partial charge in [-0.3, -0.25) is 9.63 Å². The van der Waals surface area contributed by atoms with Crippen LogP contribution in [0.1, 0.15) is 43.9 Å². The summed E-state index contributed by atoms with van der Waals surface area (Å²) >= 11 is 0. The van der Waals surface area contributed by atoms with Crippen molar-refractivity contribution in [2.45, 2.75) is 38.0 Å². The predicted octanol–water partition coefficient (Wildman–Crippen LogP) is 3.25. The van der Waals surface area contributed by atoms with Crippen molar-refractivity contribution < 1.29 is 18.4 Å². The summed E-state index contributed by atoms with van der Waals surface area (Å²) in [6.45, 7) is 4.04. The van der Waals surface area contributed by atoms with Crippen LogP contribution in [0.25, 0.3) is 11.3 Å². The smallest absolute Gasteiger partial charge is 0.256 e. The Labute approximate surface area is 149 Å². The number of nitrogens with one attached hydrogen (secondary N) is 1. The number of hydroxylamine groups is 1. The molecule has 2 bridgehead atoms. The van der Waals surface area contributed by atoms with Gasteiger partial charge in [-0.05, 0) is 47.9 Å². The molecule has 7 heteroatoms. The topological polar surface area (TPSA) is 64.1 Å². The number of hydrogen-bond acceptors (Lipinski definition) is 4. The second-order valence-electron chi connectivity index (χ2n) is 7.48. The molecule has 0 radical (unpaired) electrons. The number of benzene rings is 1. The molecule has 1 saturated carbocycles. The number of nitrogens with zero attached hydrogens (tertiary/aromatic N) is 2. The summed E-state index contributed by atoms with van der Waals surface area (Å²) < 4.78 is 28.3. The molecule has 2 aliphatic rings. The molecule has 0 aliphatic heterocycles. The second-order valence-corrected chi connectivity index (χ2v) is 7.48. The van der Waals surface area contributed by atoms with Crippen molar-refractivity contribution >= 4 is 5.91 Å². The third-order valence-corrected chi connectivity index (χ3v) is 6.18. The van der Waals surface area contributed by atoms with E-state index in [1.165, 1.54) is 25.3 Å². The fourth-order valence-electron chi connectivity index (χ4n) is 4.87. The summed E-state index contributed by atoms with van der Waals surface area (Å²) in [5, 5.41) is 8.34. The summed E-state index contributed by atoms with van der Waals surface area (Å²) in [5.74, 6) is -1.57. The SMILES string of the molecule is CONC(=O)[C@]12CC[C@H](c3cc(-c4c(F)cccc4F)nnc31)C2(C)C. The van der Waals surface area contributed by atoms with E-state index in [0.29, 0.717) is 12.1 Å². The van der Waals surface area contributed by atoms with Crippen LogP contribution in [-0.2, 0) is 15.0 Å². The summed E-state index contributed by atoms with van der Waals surface area (Å²) in [6.07, 6.45) is 1.43. The van der Waals surface area contributed by atoms with E-state index in [9.17, 15) is 13.6 Å². The monoisotopic (exact) mass is 359 g/mol. The Morgan fingerprint density at radius 3 is 2.62 bits per heavy atom. The Bertz CT molecular complexity index is 895. The van der Waals surface area contributed by atoms with Gasteiger partial charge in [0.05, 0.1) is 24.1 Å². The van der Waals surface area contributed by atoms with E-state index in [-0.39, 0.29) is 23.1 Å². The number of carbonyl (C=O) groups is 1. The zero-order valence-electron chi connectivity index (χ0n) is 14.8. The number of fused-ring (bicyclic) bond motifs is 5. The lowest BCUT2D eigenvalue weighted by molar-refractivity contribution is -0.140. The molecule has 136 valence electrons. The van der Waals surface area contributed by atoms with Gasteiger partial charge in [0.15, 0.2) is 0 Å². The van der Waals surface area contributed by atoms with Crippen molar-refractivity contribution in [3.05, 3.63) is 47.2 Å². The zero-order valence-corrected chi connectivity index (χ0v) is 14.8. The molecule has 1 aromatic carbocycles. The molecule has 5 nitrogen and oxygen atoms in total. The largest absolute Gasteiger partial charge is 0.277 e. The van der Waals surface area contributed by atoms with Gasteiger partial charge in [0.2, 0.25) is 0 Å². The number of rotatable bonds is 3. The first-order valence-corrected chi connectivity index (χ1v) is 8.50. The molecular formula is C19H19F2N3O2. The van der Waals surface area contributed by atoms with Gasteiger partial charge < -0.3 is 0 Å². The van der Waals surface area contributed by atoms with Crippen molar-refractivity contribution in [1.29, 1.82) is 0 Å². The van der Waals surface area contributed by atoms with Gasteiger partial charge in [-0.15, -0.1) is 5.10 Å². The summed E-state index contributed by atoms with van der Waals surface area (Å²) in [6, 6.07) is 5.37. The lowest BCUT2D eigenvalue weighted by atomic mass is 9.68. The van der Waals surface area contributed by atoms with Crippen LogP contribution in [0.3, 0.4) is 0 Å². The Morgan fingerprint density at radius 2 is 1.96 bits per heavy atom. The first kappa shape index (κ1) is 17.0. The molecule has 0 saturated heterocycles. The Hall–Kier alpha value is -2.41. The van der Waals surface area contributed by atoms with Gasteiger partial charge in [-0.1, -0.05) is 19.9 Å². The van der Waals surface area contributed by atoms with E-state index in [2.05, 4.69) is 15.7 Å². The minimum Gasteiger partial charge on any atom is -0.277 e. The van der Waals surface area contributed by atoms with Gasteiger partial charge in [0.1, 0.15) is 17.0 Å². The molecule has 26 heavy (non-hydrogen) atoms. The standard InChI is InChI=1S/C19H19F2N3O2/c1-18(2)11-7-8-19(18,17(25)24-26-3)16-10(11)9-14(22-23-16)15-12(20)5-4-6-13(15)21/h4-6,9,11H,7-8H2,1-3H3,(H,24,25)/t11-,19+/m1/s1. The quantitative estimate of drug-likeness (QED) is 0.855. The van der Waals surface area contributed by atoms with Crippen LogP contribution in [-0.4, -0.2) is 23.2 Å². The molecule has 4 rings (SSSR count). The Balaban J connectivity index is 1.89. The normalized spacial score (nSPS) is 25.2. The molecule has 0 unspecified atom stereocenters.